The van der Waals surface area contributed by atoms with Gasteiger partial charge in [0.15, 0.2) is 11.5 Å². The predicted octanol–water partition coefficient (Wildman–Crippen LogP) is 3.37. The molecule has 0 spiro atoms. The molecule has 0 aliphatic carbocycles. The van der Waals surface area contributed by atoms with Crippen LogP contribution in [0.3, 0.4) is 0 Å². The maximum absolute atomic E-state index is 12.4. The van der Waals surface area contributed by atoms with E-state index in [9.17, 15) is 14.9 Å². The van der Waals surface area contributed by atoms with E-state index < -0.39 is 16.6 Å². The molecule has 8 heteroatoms. The standard InChI is InChI=1S/C18H19NO7/c1-4-25-17-9-13(14(19(21)22)10-16(17)24-3)18(20)26-11-12-7-5-6-8-15(12)23-2/h5-10H,4,11H2,1-3H3. The molecule has 0 heterocycles. The van der Waals surface area contributed by atoms with Crippen molar-refractivity contribution in [3.8, 4) is 17.2 Å². The zero-order valence-electron chi connectivity index (χ0n) is 14.7. The van der Waals surface area contributed by atoms with E-state index in [0.717, 1.165) is 6.07 Å². The van der Waals surface area contributed by atoms with E-state index in [0.29, 0.717) is 17.9 Å². The molecule has 0 aliphatic rings. The van der Waals surface area contributed by atoms with E-state index in [1.807, 2.05) is 0 Å². The first-order chi connectivity index (χ1) is 12.5. The average Bonchev–Trinajstić information content (AvgIpc) is 2.66. The van der Waals surface area contributed by atoms with Crippen LogP contribution in [-0.2, 0) is 11.3 Å². The largest absolute Gasteiger partial charge is 0.496 e. The number of methoxy groups -OCH3 is 2. The van der Waals surface area contributed by atoms with Crippen LogP contribution in [0.2, 0.25) is 0 Å². The first-order valence-corrected chi connectivity index (χ1v) is 7.80. The van der Waals surface area contributed by atoms with Crippen molar-refractivity contribution in [1.82, 2.24) is 0 Å². The van der Waals surface area contributed by atoms with Gasteiger partial charge >= 0.3 is 5.97 Å². The summed E-state index contributed by atoms with van der Waals surface area (Å²) < 4.78 is 20.9. The lowest BCUT2D eigenvalue weighted by atomic mass is 10.1. The lowest BCUT2D eigenvalue weighted by Crippen LogP contribution is -2.10. The van der Waals surface area contributed by atoms with Gasteiger partial charge in [-0.25, -0.2) is 4.79 Å². The van der Waals surface area contributed by atoms with Gasteiger partial charge in [-0.2, -0.15) is 0 Å². The van der Waals surface area contributed by atoms with Crippen LogP contribution in [0.15, 0.2) is 36.4 Å². The maximum atomic E-state index is 12.4. The molecule has 0 bridgehead atoms. The number of para-hydroxylation sites is 1. The Balaban J connectivity index is 2.31. The molecule has 0 atom stereocenters. The van der Waals surface area contributed by atoms with Gasteiger partial charge in [0.1, 0.15) is 17.9 Å². The van der Waals surface area contributed by atoms with Crippen LogP contribution in [0.1, 0.15) is 22.8 Å². The fourth-order valence-corrected chi connectivity index (χ4v) is 2.33. The van der Waals surface area contributed by atoms with Crippen LogP contribution < -0.4 is 14.2 Å². The van der Waals surface area contributed by atoms with Gasteiger partial charge in [0, 0.05) is 11.6 Å². The lowest BCUT2D eigenvalue weighted by molar-refractivity contribution is -0.385. The maximum Gasteiger partial charge on any atom is 0.345 e. The molecule has 0 saturated carbocycles. The van der Waals surface area contributed by atoms with Crippen LogP contribution in [0.4, 0.5) is 5.69 Å². The molecular formula is C18H19NO7. The molecule has 0 fully saturated rings. The predicted molar refractivity (Wildman–Crippen MR) is 92.9 cm³/mol. The molecule has 26 heavy (non-hydrogen) atoms. The van der Waals surface area contributed by atoms with E-state index >= 15 is 0 Å². The van der Waals surface area contributed by atoms with Gasteiger partial charge < -0.3 is 18.9 Å². The number of nitro groups is 1. The van der Waals surface area contributed by atoms with Crippen molar-refractivity contribution in [3.63, 3.8) is 0 Å². The molecule has 2 aromatic carbocycles. The highest BCUT2D eigenvalue weighted by Gasteiger charge is 2.26. The van der Waals surface area contributed by atoms with Crippen LogP contribution in [-0.4, -0.2) is 31.7 Å². The Morgan fingerprint density at radius 2 is 1.77 bits per heavy atom. The monoisotopic (exact) mass is 361 g/mol. The molecule has 0 saturated heterocycles. The van der Waals surface area contributed by atoms with Gasteiger partial charge in [-0.15, -0.1) is 0 Å². The second-order valence-corrected chi connectivity index (χ2v) is 5.10. The summed E-state index contributed by atoms with van der Waals surface area (Å²) >= 11 is 0. The average molecular weight is 361 g/mol. The molecule has 2 rings (SSSR count). The van der Waals surface area contributed by atoms with Crippen molar-refractivity contribution in [2.45, 2.75) is 13.5 Å². The molecule has 138 valence electrons. The number of esters is 1. The fraction of sp³-hybridized carbons (Fsp3) is 0.278. The summed E-state index contributed by atoms with van der Waals surface area (Å²) in [5.41, 5.74) is 0.00836. The Morgan fingerprint density at radius 3 is 2.38 bits per heavy atom. The van der Waals surface area contributed by atoms with Crippen LogP contribution in [0.5, 0.6) is 17.2 Å². The zero-order valence-corrected chi connectivity index (χ0v) is 14.7. The van der Waals surface area contributed by atoms with E-state index in [-0.39, 0.29) is 23.7 Å². The molecule has 0 aromatic heterocycles. The molecule has 0 aliphatic heterocycles. The first-order valence-electron chi connectivity index (χ1n) is 7.80. The Hall–Kier alpha value is -3.29. The van der Waals surface area contributed by atoms with E-state index in [2.05, 4.69) is 0 Å². The molecular weight excluding hydrogens is 342 g/mol. The summed E-state index contributed by atoms with van der Waals surface area (Å²) in [4.78, 5) is 23.1. The fourth-order valence-electron chi connectivity index (χ4n) is 2.33. The first kappa shape index (κ1) is 19.0. The van der Waals surface area contributed by atoms with E-state index in [4.69, 9.17) is 18.9 Å². The molecule has 0 amide bonds. The summed E-state index contributed by atoms with van der Waals surface area (Å²) in [6.45, 7) is 1.97. The van der Waals surface area contributed by atoms with Crippen molar-refractivity contribution in [3.05, 3.63) is 57.6 Å². The highest BCUT2D eigenvalue weighted by molar-refractivity contribution is 5.95. The number of ether oxygens (including phenoxy) is 4. The van der Waals surface area contributed by atoms with E-state index in [1.54, 1.807) is 31.2 Å². The number of carbonyl (C=O) groups is 1. The topological polar surface area (TPSA) is 97.1 Å². The number of carbonyl (C=O) groups excluding carboxylic acids is 1. The highest BCUT2D eigenvalue weighted by atomic mass is 16.6. The molecule has 0 radical (unpaired) electrons. The molecule has 2 aromatic rings. The molecule has 0 N–H and O–H groups in total. The Labute approximate surface area is 150 Å². The van der Waals surface area contributed by atoms with Crippen molar-refractivity contribution in [2.75, 3.05) is 20.8 Å². The minimum atomic E-state index is -0.841. The van der Waals surface area contributed by atoms with Gasteiger partial charge in [0.25, 0.3) is 5.69 Å². The quantitative estimate of drug-likeness (QED) is 0.404. The normalized spacial score (nSPS) is 10.1. The second kappa shape index (κ2) is 8.70. The van der Waals surface area contributed by atoms with Gasteiger partial charge in [-0.05, 0) is 13.0 Å². The van der Waals surface area contributed by atoms with Crippen molar-refractivity contribution >= 4 is 11.7 Å². The summed E-state index contributed by atoms with van der Waals surface area (Å²) in [7, 11) is 2.87. The number of hydrogen-bond donors (Lipinski definition) is 0. The SMILES string of the molecule is CCOc1cc(C(=O)OCc2ccccc2OC)c([N+](=O)[O-])cc1OC. The minimum Gasteiger partial charge on any atom is -0.496 e. The van der Waals surface area contributed by atoms with Crippen LogP contribution >= 0.6 is 0 Å². The summed E-state index contributed by atoms with van der Waals surface area (Å²) in [5.74, 6) is 0.107. The number of hydrogen-bond acceptors (Lipinski definition) is 7. The Bertz CT molecular complexity index is 804. The van der Waals surface area contributed by atoms with Gasteiger partial charge in [-0.3, -0.25) is 10.1 Å². The van der Waals surface area contributed by atoms with Crippen molar-refractivity contribution in [2.24, 2.45) is 0 Å². The van der Waals surface area contributed by atoms with Gasteiger partial charge in [0.2, 0.25) is 0 Å². The third-order valence-corrected chi connectivity index (χ3v) is 3.55. The zero-order chi connectivity index (χ0) is 19.1. The molecule has 8 nitrogen and oxygen atoms in total. The lowest BCUT2D eigenvalue weighted by Gasteiger charge is -2.12. The molecule has 0 unspecified atom stereocenters. The van der Waals surface area contributed by atoms with Crippen LogP contribution in [0.25, 0.3) is 0 Å². The van der Waals surface area contributed by atoms with Gasteiger partial charge in [0.05, 0.1) is 31.8 Å². The summed E-state index contributed by atoms with van der Waals surface area (Å²) in [6, 6.07) is 9.42. The van der Waals surface area contributed by atoms with Crippen molar-refractivity contribution < 1.29 is 28.7 Å². The van der Waals surface area contributed by atoms with E-state index in [1.165, 1.54) is 20.3 Å². The second-order valence-electron chi connectivity index (χ2n) is 5.10. The van der Waals surface area contributed by atoms with Crippen molar-refractivity contribution in [1.29, 1.82) is 0 Å². The third-order valence-electron chi connectivity index (χ3n) is 3.55. The number of nitrogens with zero attached hydrogens (tertiary/aromatic N) is 1. The number of rotatable bonds is 8. The third kappa shape index (κ3) is 4.21. The Morgan fingerprint density at radius 1 is 1.08 bits per heavy atom. The number of nitro benzene ring substituents is 1. The summed E-state index contributed by atoms with van der Waals surface area (Å²) in [6.07, 6.45) is 0. The Kier molecular flexibility index (Phi) is 6.37. The highest BCUT2D eigenvalue weighted by Crippen LogP contribution is 2.35. The van der Waals surface area contributed by atoms with Crippen LogP contribution in [0, 0.1) is 10.1 Å². The smallest absolute Gasteiger partial charge is 0.345 e. The minimum absolute atomic E-state index is 0.0873. The summed E-state index contributed by atoms with van der Waals surface area (Å²) in [5, 5.41) is 11.3. The van der Waals surface area contributed by atoms with Gasteiger partial charge in [-0.1, -0.05) is 18.2 Å². The number of benzene rings is 2.